The van der Waals surface area contributed by atoms with Crippen molar-refractivity contribution in [2.45, 2.75) is 18.9 Å². The molecule has 0 radical (unpaired) electrons. The first-order valence-electron chi connectivity index (χ1n) is 5.94. The van der Waals surface area contributed by atoms with Crippen LogP contribution in [-0.4, -0.2) is 24.4 Å². The predicted octanol–water partition coefficient (Wildman–Crippen LogP) is 2.02. The van der Waals surface area contributed by atoms with Crippen molar-refractivity contribution in [1.82, 2.24) is 5.32 Å². The van der Waals surface area contributed by atoms with E-state index in [0.717, 1.165) is 31.7 Å². The summed E-state index contributed by atoms with van der Waals surface area (Å²) >= 11 is 5.19. The molecular weight excluding hydrogens is 246 g/mol. The summed E-state index contributed by atoms with van der Waals surface area (Å²) < 4.78 is 5.50. The van der Waals surface area contributed by atoms with Crippen LogP contribution in [0, 0.1) is 11.3 Å². The van der Waals surface area contributed by atoms with Crippen molar-refractivity contribution in [1.29, 1.82) is 5.26 Å². The van der Waals surface area contributed by atoms with E-state index in [9.17, 15) is 0 Å². The summed E-state index contributed by atoms with van der Waals surface area (Å²) in [6.45, 7) is 1.57. The molecule has 1 aromatic rings. The van der Waals surface area contributed by atoms with Crippen molar-refractivity contribution in [3.63, 3.8) is 0 Å². The number of hydrogen-bond donors (Lipinski definition) is 2. The van der Waals surface area contributed by atoms with Gasteiger partial charge in [0.1, 0.15) is 0 Å². The summed E-state index contributed by atoms with van der Waals surface area (Å²) in [5, 5.41) is 15.5. The second-order valence-electron chi connectivity index (χ2n) is 4.16. The lowest BCUT2D eigenvalue weighted by Crippen LogP contribution is -2.34. The van der Waals surface area contributed by atoms with Crippen LogP contribution in [-0.2, 0) is 4.74 Å². The third-order valence-electron chi connectivity index (χ3n) is 2.76. The Balaban J connectivity index is 1.81. The van der Waals surface area contributed by atoms with Crippen LogP contribution in [0.2, 0.25) is 0 Å². The Labute approximate surface area is 112 Å². The Morgan fingerprint density at radius 2 is 2.44 bits per heavy atom. The molecule has 94 valence electrons. The fourth-order valence-electron chi connectivity index (χ4n) is 1.85. The van der Waals surface area contributed by atoms with E-state index in [-0.39, 0.29) is 6.10 Å². The minimum Gasteiger partial charge on any atom is -0.376 e. The average molecular weight is 261 g/mol. The van der Waals surface area contributed by atoms with Crippen LogP contribution in [0.1, 0.15) is 18.4 Å². The predicted molar refractivity (Wildman–Crippen MR) is 74.4 cm³/mol. The fourth-order valence-corrected chi connectivity index (χ4v) is 2.05. The van der Waals surface area contributed by atoms with Gasteiger partial charge in [0.05, 0.1) is 17.7 Å². The van der Waals surface area contributed by atoms with Crippen molar-refractivity contribution in [2.24, 2.45) is 0 Å². The molecular formula is C13H15N3OS. The summed E-state index contributed by atoms with van der Waals surface area (Å²) in [5.74, 6) is 0. The molecule has 2 rings (SSSR count). The van der Waals surface area contributed by atoms with Crippen LogP contribution in [0.5, 0.6) is 0 Å². The Bertz CT molecular complexity index is 464. The highest BCUT2D eigenvalue weighted by Crippen LogP contribution is 2.11. The zero-order chi connectivity index (χ0) is 12.8. The molecule has 1 aliphatic rings. The first-order chi connectivity index (χ1) is 8.78. The lowest BCUT2D eigenvalue weighted by Gasteiger charge is -2.14. The van der Waals surface area contributed by atoms with Gasteiger partial charge in [0.15, 0.2) is 5.11 Å². The minimum atomic E-state index is 0.259. The number of nitrogens with one attached hydrogen (secondary N) is 2. The van der Waals surface area contributed by atoms with Crippen molar-refractivity contribution < 1.29 is 4.74 Å². The molecule has 1 aliphatic heterocycles. The summed E-state index contributed by atoms with van der Waals surface area (Å²) in [7, 11) is 0. The van der Waals surface area contributed by atoms with E-state index in [1.807, 2.05) is 12.1 Å². The molecule has 0 amide bonds. The molecule has 1 saturated heterocycles. The largest absolute Gasteiger partial charge is 0.376 e. The fraction of sp³-hybridized carbons (Fsp3) is 0.385. The van der Waals surface area contributed by atoms with Gasteiger partial charge in [0, 0.05) is 18.8 Å². The molecule has 1 heterocycles. The zero-order valence-corrected chi connectivity index (χ0v) is 10.8. The molecule has 1 atom stereocenters. The number of ether oxygens (including phenoxy) is 1. The monoisotopic (exact) mass is 261 g/mol. The third kappa shape index (κ3) is 3.69. The van der Waals surface area contributed by atoms with E-state index in [4.69, 9.17) is 22.2 Å². The van der Waals surface area contributed by atoms with Crippen molar-refractivity contribution in [3.8, 4) is 6.07 Å². The number of rotatable bonds is 3. The van der Waals surface area contributed by atoms with Gasteiger partial charge >= 0.3 is 0 Å². The maximum Gasteiger partial charge on any atom is 0.170 e. The number of anilines is 1. The van der Waals surface area contributed by atoms with E-state index in [1.165, 1.54) is 0 Å². The van der Waals surface area contributed by atoms with Gasteiger partial charge in [-0.2, -0.15) is 5.26 Å². The maximum absolute atomic E-state index is 8.80. The van der Waals surface area contributed by atoms with Crippen LogP contribution >= 0.6 is 12.2 Å². The molecule has 0 unspecified atom stereocenters. The highest BCUT2D eigenvalue weighted by molar-refractivity contribution is 7.80. The van der Waals surface area contributed by atoms with E-state index in [2.05, 4.69) is 16.7 Å². The first-order valence-corrected chi connectivity index (χ1v) is 6.35. The highest BCUT2D eigenvalue weighted by Gasteiger charge is 2.15. The Hall–Kier alpha value is -1.64. The smallest absolute Gasteiger partial charge is 0.170 e. The molecule has 0 bridgehead atoms. The Morgan fingerprint density at radius 1 is 1.56 bits per heavy atom. The van der Waals surface area contributed by atoms with Gasteiger partial charge in [0.25, 0.3) is 0 Å². The summed E-state index contributed by atoms with van der Waals surface area (Å²) in [4.78, 5) is 0. The molecule has 0 aliphatic carbocycles. The van der Waals surface area contributed by atoms with Gasteiger partial charge in [-0.1, -0.05) is 6.07 Å². The Kier molecular flexibility index (Phi) is 4.51. The zero-order valence-electron chi connectivity index (χ0n) is 9.98. The normalized spacial score (nSPS) is 18.1. The van der Waals surface area contributed by atoms with Crippen molar-refractivity contribution in [3.05, 3.63) is 29.8 Å². The summed E-state index contributed by atoms with van der Waals surface area (Å²) in [6.07, 6.45) is 2.46. The van der Waals surface area contributed by atoms with Crippen LogP contribution < -0.4 is 10.6 Å². The van der Waals surface area contributed by atoms with E-state index < -0.39 is 0 Å². The standard InChI is InChI=1S/C13H15N3OS/c14-8-10-3-1-4-11(7-10)16-13(18)15-9-12-5-2-6-17-12/h1,3-4,7,12H,2,5-6,9H2,(H2,15,16,18)/t12-/m1/s1. The molecule has 5 heteroatoms. The molecule has 0 spiro atoms. The number of benzene rings is 1. The average Bonchev–Trinajstić information content (AvgIpc) is 2.90. The molecule has 2 N–H and O–H groups in total. The van der Waals surface area contributed by atoms with Gasteiger partial charge in [0.2, 0.25) is 0 Å². The van der Waals surface area contributed by atoms with E-state index in [0.29, 0.717) is 10.7 Å². The van der Waals surface area contributed by atoms with Crippen LogP contribution in [0.25, 0.3) is 0 Å². The quantitative estimate of drug-likeness (QED) is 0.815. The van der Waals surface area contributed by atoms with Crippen LogP contribution in [0.15, 0.2) is 24.3 Å². The lowest BCUT2D eigenvalue weighted by molar-refractivity contribution is 0.114. The second kappa shape index (κ2) is 6.34. The van der Waals surface area contributed by atoms with Crippen molar-refractivity contribution >= 4 is 23.0 Å². The first kappa shape index (κ1) is 12.8. The number of nitrogens with zero attached hydrogens (tertiary/aromatic N) is 1. The number of thiocarbonyl (C=S) groups is 1. The van der Waals surface area contributed by atoms with Crippen molar-refractivity contribution in [2.75, 3.05) is 18.5 Å². The topological polar surface area (TPSA) is 57.1 Å². The number of hydrogen-bond acceptors (Lipinski definition) is 3. The summed E-state index contributed by atoms with van der Waals surface area (Å²) in [5.41, 5.74) is 1.43. The summed E-state index contributed by atoms with van der Waals surface area (Å²) in [6, 6.07) is 9.31. The van der Waals surface area contributed by atoms with Crippen LogP contribution in [0.4, 0.5) is 5.69 Å². The van der Waals surface area contributed by atoms with Gasteiger partial charge in [-0.3, -0.25) is 0 Å². The lowest BCUT2D eigenvalue weighted by atomic mass is 10.2. The number of nitriles is 1. The molecule has 4 nitrogen and oxygen atoms in total. The molecule has 1 fully saturated rings. The van der Waals surface area contributed by atoms with Gasteiger partial charge in [-0.05, 0) is 43.3 Å². The molecule has 1 aromatic carbocycles. The van der Waals surface area contributed by atoms with E-state index >= 15 is 0 Å². The van der Waals surface area contributed by atoms with Crippen LogP contribution in [0.3, 0.4) is 0 Å². The molecule has 18 heavy (non-hydrogen) atoms. The highest BCUT2D eigenvalue weighted by atomic mass is 32.1. The SMILES string of the molecule is N#Cc1cccc(NC(=S)NC[C@H]2CCCO2)c1. The molecule has 0 saturated carbocycles. The van der Waals surface area contributed by atoms with E-state index in [1.54, 1.807) is 12.1 Å². The molecule has 0 aromatic heterocycles. The van der Waals surface area contributed by atoms with Gasteiger partial charge in [-0.25, -0.2) is 0 Å². The minimum absolute atomic E-state index is 0.259. The second-order valence-corrected chi connectivity index (χ2v) is 4.57. The third-order valence-corrected chi connectivity index (χ3v) is 3.01. The maximum atomic E-state index is 8.80. The Morgan fingerprint density at radius 3 is 3.17 bits per heavy atom. The van der Waals surface area contributed by atoms with Gasteiger partial charge < -0.3 is 15.4 Å². The van der Waals surface area contributed by atoms with Gasteiger partial charge in [-0.15, -0.1) is 0 Å².